The molecule has 0 fully saturated rings. The van der Waals surface area contributed by atoms with Crippen molar-refractivity contribution in [3.63, 3.8) is 0 Å². The van der Waals surface area contributed by atoms with Crippen molar-refractivity contribution in [1.82, 2.24) is 15.3 Å². The van der Waals surface area contributed by atoms with Gasteiger partial charge < -0.3 is 19.7 Å². The van der Waals surface area contributed by atoms with E-state index in [4.69, 9.17) is 9.47 Å². The zero-order valence-electron chi connectivity index (χ0n) is 16.8. The van der Waals surface area contributed by atoms with E-state index in [9.17, 15) is 4.79 Å². The van der Waals surface area contributed by atoms with Crippen LogP contribution in [0, 0.1) is 0 Å². The molecule has 3 aromatic rings. The number of nitrogens with zero attached hydrogens (tertiary/aromatic N) is 3. The Bertz CT molecular complexity index is 946. The molecule has 0 radical (unpaired) electrons. The van der Waals surface area contributed by atoms with Gasteiger partial charge in [-0.05, 0) is 36.8 Å². The van der Waals surface area contributed by atoms with Gasteiger partial charge in [0, 0.05) is 31.2 Å². The van der Waals surface area contributed by atoms with Gasteiger partial charge in [-0.3, -0.25) is 4.79 Å². The van der Waals surface area contributed by atoms with Gasteiger partial charge in [-0.25, -0.2) is 9.97 Å². The van der Waals surface area contributed by atoms with Crippen LogP contribution in [0.4, 0.5) is 11.6 Å². The molecule has 0 atom stereocenters. The fraction of sp³-hybridized carbons (Fsp3) is 0.227. The second-order valence-electron chi connectivity index (χ2n) is 6.22. The fourth-order valence-electron chi connectivity index (χ4n) is 2.90. The molecule has 2 aromatic carbocycles. The first-order chi connectivity index (χ1) is 14.2. The molecule has 3 rings (SSSR count). The van der Waals surface area contributed by atoms with E-state index in [1.54, 1.807) is 20.3 Å². The zero-order valence-corrected chi connectivity index (χ0v) is 16.8. The van der Waals surface area contributed by atoms with Crippen molar-refractivity contribution in [3.8, 4) is 11.5 Å². The van der Waals surface area contributed by atoms with Crippen molar-refractivity contribution in [3.05, 3.63) is 72.1 Å². The average Bonchev–Trinajstić information content (AvgIpc) is 2.79. The number of carbonyl (C=O) groups excluding carboxylic acids is 1. The van der Waals surface area contributed by atoms with Crippen LogP contribution < -0.4 is 19.7 Å². The lowest BCUT2D eigenvalue weighted by atomic mass is 10.2. The maximum Gasteiger partial charge on any atom is 0.254 e. The van der Waals surface area contributed by atoms with Crippen LogP contribution in [0.15, 0.2) is 60.9 Å². The summed E-state index contributed by atoms with van der Waals surface area (Å²) in [5.41, 5.74) is 2.30. The van der Waals surface area contributed by atoms with Crippen molar-refractivity contribution < 1.29 is 14.3 Å². The molecule has 1 aromatic heterocycles. The molecule has 7 nitrogen and oxygen atoms in total. The summed E-state index contributed by atoms with van der Waals surface area (Å²) in [6.07, 6.45) is 3.08. The Morgan fingerprint density at radius 1 is 1.00 bits per heavy atom. The second kappa shape index (κ2) is 9.54. The molecule has 0 unspecified atom stereocenters. The summed E-state index contributed by atoms with van der Waals surface area (Å²) in [4.78, 5) is 23.2. The smallest absolute Gasteiger partial charge is 0.254 e. The van der Waals surface area contributed by atoms with Crippen LogP contribution in [0.3, 0.4) is 0 Å². The summed E-state index contributed by atoms with van der Waals surface area (Å²) in [6.45, 7) is 3.10. The van der Waals surface area contributed by atoms with Gasteiger partial charge in [-0.2, -0.15) is 0 Å². The highest BCUT2D eigenvalue weighted by Gasteiger charge is 2.12. The molecule has 1 amide bonds. The molecular formula is C22H24N4O3. The second-order valence-corrected chi connectivity index (χ2v) is 6.22. The number of para-hydroxylation sites is 1. The molecule has 150 valence electrons. The summed E-state index contributed by atoms with van der Waals surface area (Å²) in [5.74, 6) is 1.57. The van der Waals surface area contributed by atoms with Gasteiger partial charge in [-0.15, -0.1) is 0 Å². The fourth-order valence-corrected chi connectivity index (χ4v) is 2.90. The van der Waals surface area contributed by atoms with Crippen molar-refractivity contribution in [2.75, 3.05) is 25.7 Å². The number of nitrogens with one attached hydrogen (secondary N) is 1. The first-order valence-corrected chi connectivity index (χ1v) is 9.30. The quantitative estimate of drug-likeness (QED) is 0.631. The highest BCUT2D eigenvalue weighted by molar-refractivity contribution is 5.93. The number of amides is 1. The largest absolute Gasteiger partial charge is 0.493 e. The van der Waals surface area contributed by atoms with Gasteiger partial charge in [0.2, 0.25) is 5.95 Å². The molecule has 1 heterocycles. The minimum absolute atomic E-state index is 0.242. The Hall–Kier alpha value is -3.61. The summed E-state index contributed by atoms with van der Waals surface area (Å²) in [7, 11) is 3.16. The van der Waals surface area contributed by atoms with E-state index >= 15 is 0 Å². The van der Waals surface area contributed by atoms with Crippen LogP contribution in [0.1, 0.15) is 22.8 Å². The number of anilines is 2. The molecule has 0 saturated heterocycles. The van der Waals surface area contributed by atoms with E-state index in [0.717, 1.165) is 17.8 Å². The van der Waals surface area contributed by atoms with E-state index in [1.807, 2.05) is 54.3 Å². The van der Waals surface area contributed by atoms with Crippen LogP contribution in [-0.2, 0) is 6.54 Å². The standard InChI is InChI=1S/C22H24N4O3/c1-4-26(18-8-6-5-7-9-18)22-24-14-17(15-25-22)21(27)23-13-16-10-11-19(28-2)20(12-16)29-3/h5-12,14-15H,4,13H2,1-3H3,(H,23,27). The van der Waals surface area contributed by atoms with Gasteiger partial charge in [0.25, 0.3) is 5.91 Å². The summed E-state index contributed by atoms with van der Waals surface area (Å²) in [5, 5.41) is 2.87. The third-order valence-corrected chi connectivity index (χ3v) is 4.43. The predicted molar refractivity (Wildman–Crippen MR) is 112 cm³/mol. The zero-order chi connectivity index (χ0) is 20.6. The lowest BCUT2D eigenvalue weighted by Gasteiger charge is -2.20. The average molecular weight is 392 g/mol. The number of rotatable bonds is 8. The highest BCUT2D eigenvalue weighted by atomic mass is 16.5. The van der Waals surface area contributed by atoms with Gasteiger partial charge >= 0.3 is 0 Å². The summed E-state index contributed by atoms with van der Waals surface area (Å²) >= 11 is 0. The lowest BCUT2D eigenvalue weighted by Crippen LogP contribution is -2.24. The van der Waals surface area contributed by atoms with E-state index in [-0.39, 0.29) is 5.91 Å². The number of ether oxygens (including phenoxy) is 2. The van der Waals surface area contributed by atoms with E-state index in [0.29, 0.717) is 29.6 Å². The molecule has 1 N–H and O–H groups in total. The normalized spacial score (nSPS) is 10.3. The molecule has 0 bridgehead atoms. The van der Waals surface area contributed by atoms with Gasteiger partial charge in [0.05, 0.1) is 19.8 Å². The predicted octanol–water partition coefficient (Wildman–Crippen LogP) is 3.58. The number of benzene rings is 2. The number of methoxy groups -OCH3 is 2. The van der Waals surface area contributed by atoms with Gasteiger partial charge in [-0.1, -0.05) is 24.3 Å². The van der Waals surface area contributed by atoms with Crippen molar-refractivity contribution in [1.29, 1.82) is 0 Å². The number of hydrogen-bond acceptors (Lipinski definition) is 6. The topological polar surface area (TPSA) is 76.6 Å². The Balaban J connectivity index is 1.66. The van der Waals surface area contributed by atoms with Crippen molar-refractivity contribution in [2.24, 2.45) is 0 Å². The molecule has 29 heavy (non-hydrogen) atoms. The molecule has 0 aliphatic rings. The van der Waals surface area contributed by atoms with Crippen LogP contribution in [0.2, 0.25) is 0 Å². The Labute approximate surface area is 170 Å². The molecular weight excluding hydrogens is 368 g/mol. The number of carbonyl (C=O) groups is 1. The van der Waals surface area contributed by atoms with Crippen LogP contribution in [0.25, 0.3) is 0 Å². The van der Waals surface area contributed by atoms with Crippen molar-refractivity contribution in [2.45, 2.75) is 13.5 Å². The molecule has 0 saturated carbocycles. The van der Waals surface area contributed by atoms with Gasteiger partial charge in [0.15, 0.2) is 11.5 Å². The Morgan fingerprint density at radius 3 is 2.31 bits per heavy atom. The monoisotopic (exact) mass is 392 g/mol. The molecule has 0 aliphatic carbocycles. The van der Waals surface area contributed by atoms with Crippen LogP contribution in [0.5, 0.6) is 11.5 Å². The minimum atomic E-state index is -0.242. The Morgan fingerprint density at radius 2 is 1.69 bits per heavy atom. The van der Waals surface area contributed by atoms with Crippen molar-refractivity contribution >= 4 is 17.5 Å². The maximum absolute atomic E-state index is 12.5. The first kappa shape index (κ1) is 20.1. The minimum Gasteiger partial charge on any atom is -0.493 e. The van der Waals surface area contributed by atoms with Crippen LogP contribution >= 0.6 is 0 Å². The van der Waals surface area contributed by atoms with E-state index in [1.165, 1.54) is 12.4 Å². The van der Waals surface area contributed by atoms with E-state index in [2.05, 4.69) is 15.3 Å². The highest BCUT2D eigenvalue weighted by Crippen LogP contribution is 2.27. The lowest BCUT2D eigenvalue weighted by molar-refractivity contribution is 0.0950. The number of aromatic nitrogens is 2. The van der Waals surface area contributed by atoms with Crippen LogP contribution in [-0.4, -0.2) is 36.6 Å². The molecule has 0 spiro atoms. The third-order valence-electron chi connectivity index (χ3n) is 4.43. The van der Waals surface area contributed by atoms with Gasteiger partial charge in [0.1, 0.15) is 0 Å². The maximum atomic E-state index is 12.5. The first-order valence-electron chi connectivity index (χ1n) is 9.30. The summed E-state index contributed by atoms with van der Waals surface area (Å²) in [6, 6.07) is 15.4. The Kier molecular flexibility index (Phi) is 6.63. The third kappa shape index (κ3) is 4.82. The summed E-state index contributed by atoms with van der Waals surface area (Å²) < 4.78 is 10.5. The molecule has 0 aliphatic heterocycles. The molecule has 7 heteroatoms. The number of hydrogen-bond donors (Lipinski definition) is 1. The SMILES string of the molecule is CCN(c1ccccc1)c1ncc(C(=O)NCc2ccc(OC)c(OC)c2)cn1. The van der Waals surface area contributed by atoms with E-state index < -0.39 is 0 Å².